The normalized spacial score (nSPS) is 11.0. The number of nitrogens with zero attached hydrogens (tertiary/aromatic N) is 2. The van der Waals surface area contributed by atoms with Crippen LogP contribution < -0.4 is 4.74 Å². The van der Waals surface area contributed by atoms with Crippen molar-refractivity contribution in [3.05, 3.63) is 94.6 Å². The molecule has 6 heteroatoms. The number of aromatic nitrogens is 1. The Bertz CT molecular complexity index is 1230. The summed E-state index contributed by atoms with van der Waals surface area (Å²) in [5, 5.41) is 5.84. The Morgan fingerprint density at radius 3 is 2.42 bits per heavy atom. The fourth-order valence-electron chi connectivity index (χ4n) is 3.52. The minimum absolute atomic E-state index is 0.154. The molecule has 0 atom stereocenters. The number of hydrogen-bond donors (Lipinski definition) is 0. The predicted molar refractivity (Wildman–Crippen MR) is 116 cm³/mol. The van der Waals surface area contributed by atoms with Crippen molar-refractivity contribution in [1.29, 1.82) is 0 Å². The fraction of sp³-hybridized carbons (Fsp3) is 0.200. The van der Waals surface area contributed by atoms with Gasteiger partial charge in [0.05, 0.1) is 16.8 Å². The smallest absolute Gasteiger partial charge is 0.257 e. The number of benzene rings is 3. The zero-order chi connectivity index (χ0) is 22.0. The first-order chi connectivity index (χ1) is 14.9. The fourth-order valence-corrected chi connectivity index (χ4v) is 3.52. The molecular formula is C25H23FN2O3. The Hall–Kier alpha value is -3.67. The molecule has 0 saturated heterocycles. The summed E-state index contributed by atoms with van der Waals surface area (Å²) in [7, 11) is 1.65. The van der Waals surface area contributed by atoms with Gasteiger partial charge in [-0.05, 0) is 42.8 Å². The molecule has 3 aromatic carbocycles. The molecule has 0 radical (unpaired) electrons. The molecule has 0 bridgehead atoms. The molecule has 158 valence electrons. The van der Waals surface area contributed by atoms with E-state index in [2.05, 4.69) is 5.16 Å². The molecule has 31 heavy (non-hydrogen) atoms. The third kappa shape index (κ3) is 4.28. The highest BCUT2D eigenvalue weighted by atomic mass is 19.1. The number of ether oxygens (including phenoxy) is 1. The van der Waals surface area contributed by atoms with Gasteiger partial charge in [-0.1, -0.05) is 47.6 Å². The molecule has 5 nitrogen and oxygen atoms in total. The van der Waals surface area contributed by atoms with Gasteiger partial charge >= 0.3 is 0 Å². The van der Waals surface area contributed by atoms with Crippen LogP contribution in [0.4, 0.5) is 4.39 Å². The number of fused-ring (bicyclic) bond motifs is 1. The number of hydrogen-bond acceptors (Lipinski definition) is 4. The summed E-state index contributed by atoms with van der Waals surface area (Å²) >= 11 is 0. The van der Waals surface area contributed by atoms with Crippen LogP contribution in [0.5, 0.6) is 5.75 Å². The van der Waals surface area contributed by atoms with Crippen LogP contribution >= 0.6 is 0 Å². The lowest BCUT2D eigenvalue weighted by atomic mass is 10.0. The summed E-state index contributed by atoms with van der Waals surface area (Å²) in [5.41, 5.74) is 2.48. The molecule has 4 rings (SSSR count). The topological polar surface area (TPSA) is 55.6 Å². The van der Waals surface area contributed by atoms with E-state index in [1.807, 2.05) is 50.2 Å². The second-order valence-electron chi connectivity index (χ2n) is 7.54. The number of carbonyl (C=O) groups excluding carboxylic acids is 1. The lowest BCUT2D eigenvalue weighted by Crippen LogP contribution is -2.27. The van der Waals surface area contributed by atoms with Crippen LogP contribution in [-0.2, 0) is 13.2 Å². The average molecular weight is 418 g/mol. The summed E-state index contributed by atoms with van der Waals surface area (Å²) in [5.74, 6) is 0.560. The van der Waals surface area contributed by atoms with Gasteiger partial charge in [0, 0.05) is 19.2 Å². The van der Waals surface area contributed by atoms with E-state index < -0.39 is 0 Å². The van der Waals surface area contributed by atoms with Crippen molar-refractivity contribution >= 4 is 16.7 Å². The zero-order valence-corrected chi connectivity index (χ0v) is 17.7. The second-order valence-corrected chi connectivity index (χ2v) is 7.54. The van der Waals surface area contributed by atoms with Gasteiger partial charge in [-0.2, -0.15) is 0 Å². The van der Waals surface area contributed by atoms with Crippen molar-refractivity contribution in [2.75, 3.05) is 7.05 Å². The molecule has 0 unspecified atom stereocenters. The third-order valence-electron chi connectivity index (χ3n) is 5.34. The average Bonchev–Trinajstić information content (AvgIpc) is 3.09. The van der Waals surface area contributed by atoms with E-state index in [1.165, 1.54) is 11.0 Å². The zero-order valence-electron chi connectivity index (χ0n) is 17.7. The quantitative estimate of drug-likeness (QED) is 0.419. The van der Waals surface area contributed by atoms with Crippen LogP contribution in [0.25, 0.3) is 10.8 Å². The van der Waals surface area contributed by atoms with Gasteiger partial charge in [-0.3, -0.25) is 4.79 Å². The Labute approximate surface area is 180 Å². The van der Waals surface area contributed by atoms with Gasteiger partial charge < -0.3 is 14.2 Å². The maximum Gasteiger partial charge on any atom is 0.257 e. The lowest BCUT2D eigenvalue weighted by Gasteiger charge is -2.20. The molecule has 0 spiro atoms. The van der Waals surface area contributed by atoms with Crippen LogP contribution in [0.15, 0.2) is 65.2 Å². The highest BCUT2D eigenvalue weighted by Crippen LogP contribution is 2.29. The Balaban J connectivity index is 1.66. The first-order valence-electron chi connectivity index (χ1n) is 10.00. The second kappa shape index (κ2) is 8.60. The highest BCUT2D eigenvalue weighted by molar-refractivity contribution is 6.01. The molecule has 0 saturated carbocycles. The van der Waals surface area contributed by atoms with Crippen molar-refractivity contribution in [1.82, 2.24) is 10.1 Å². The van der Waals surface area contributed by atoms with Gasteiger partial charge in [-0.25, -0.2) is 4.39 Å². The number of rotatable bonds is 6. The van der Waals surface area contributed by atoms with Crippen LogP contribution in [0.3, 0.4) is 0 Å². The SMILES string of the molecule is Cc1noc(C)c1COc1cc2ccccc2cc1C(=O)N(C)Cc1ccccc1F. The first kappa shape index (κ1) is 20.6. The van der Waals surface area contributed by atoms with Crippen molar-refractivity contribution in [3.63, 3.8) is 0 Å². The van der Waals surface area contributed by atoms with Crippen LogP contribution in [0.1, 0.15) is 32.9 Å². The van der Waals surface area contributed by atoms with E-state index in [1.54, 1.807) is 25.2 Å². The van der Waals surface area contributed by atoms with Crippen LogP contribution in [0.2, 0.25) is 0 Å². The summed E-state index contributed by atoms with van der Waals surface area (Å²) < 4.78 is 25.4. The highest BCUT2D eigenvalue weighted by Gasteiger charge is 2.20. The minimum Gasteiger partial charge on any atom is -0.488 e. The Kier molecular flexibility index (Phi) is 5.71. The van der Waals surface area contributed by atoms with Crippen molar-refractivity contribution in [2.45, 2.75) is 27.0 Å². The van der Waals surface area contributed by atoms with E-state index in [4.69, 9.17) is 9.26 Å². The van der Waals surface area contributed by atoms with E-state index in [0.29, 0.717) is 22.6 Å². The van der Waals surface area contributed by atoms with Gasteiger partial charge in [0.25, 0.3) is 5.91 Å². The van der Waals surface area contributed by atoms with E-state index in [9.17, 15) is 9.18 Å². The number of carbonyl (C=O) groups is 1. The maximum atomic E-state index is 14.1. The monoisotopic (exact) mass is 418 g/mol. The standard InChI is InChI=1S/C25H23FN2O3/c1-16-22(17(2)31-27-16)15-30-24-13-19-9-5-4-8-18(19)12-21(24)25(29)28(3)14-20-10-6-7-11-23(20)26/h4-13H,14-15H2,1-3H3. The Morgan fingerprint density at radius 2 is 1.74 bits per heavy atom. The molecular weight excluding hydrogens is 395 g/mol. The minimum atomic E-state index is -0.337. The molecule has 4 aromatic rings. The summed E-state index contributed by atoms with van der Waals surface area (Å²) in [6.45, 7) is 4.07. The van der Waals surface area contributed by atoms with Crippen LogP contribution in [0, 0.1) is 19.7 Å². The Morgan fingerprint density at radius 1 is 1.06 bits per heavy atom. The largest absolute Gasteiger partial charge is 0.488 e. The van der Waals surface area contributed by atoms with E-state index in [-0.39, 0.29) is 24.9 Å². The van der Waals surface area contributed by atoms with Gasteiger partial charge in [0.15, 0.2) is 0 Å². The number of aryl methyl sites for hydroxylation is 2. The summed E-state index contributed by atoms with van der Waals surface area (Å²) in [6.07, 6.45) is 0. The lowest BCUT2D eigenvalue weighted by molar-refractivity contribution is 0.0779. The maximum absolute atomic E-state index is 14.1. The van der Waals surface area contributed by atoms with Gasteiger partial charge in [0.1, 0.15) is 23.9 Å². The molecule has 0 N–H and O–H groups in total. The molecule has 1 amide bonds. The van der Waals surface area contributed by atoms with Crippen molar-refractivity contribution in [2.24, 2.45) is 0 Å². The molecule has 1 aromatic heterocycles. The molecule has 0 aliphatic rings. The third-order valence-corrected chi connectivity index (χ3v) is 5.34. The first-order valence-corrected chi connectivity index (χ1v) is 10.00. The number of halogens is 1. The summed E-state index contributed by atoms with van der Waals surface area (Å²) in [4.78, 5) is 14.8. The predicted octanol–water partition coefficient (Wildman–Crippen LogP) is 5.43. The van der Waals surface area contributed by atoms with E-state index in [0.717, 1.165) is 22.0 Å². The van der Waals surface area contributed by atoms with Crippen molar-refractivity contribution in [3.8, 4) is 5.75 Å². The van der Waals surface area contributed by atoms with Gasteiger partial charge in [0.2, 0.25) is 0 Å². The van der Waals surface area contributed by atoms with Crippen LogP contribution in [-0.4, -0.2) is 23.0 Å². The van der Waals surface area contributed by atoms with E-state index >= 15 is 0 Å². The molecule has 0 aliphatic carbocycles. The van der Waals surface area contributed by atoms with Crippen molar-refractivity contribution < 1.29 is 18.4 Å². The number of amides is 1. The summed E-state index contributed by atoms with van der Waals surface area (Å²) in [6, 6.07) is 17.9. The van der Waals surface area contributed by atoms with Gasteiger partial charge in [-0.15, -0.1) is 0 Å². The molecule has 0 aliphatic heterocycles. The molecule has 1 heterocycles. The molecule has 0 fully saturated rings.